The zero-order chi connectivity index (χ0) is 13.2. The van der Waals surface area contributed by atoms with Gasteiger partial charge in [0.2, 0.25) is 10.0 Å². The molecule has 18 heavy (non-hydrogen) atoms. The van der Waals surface area contributed by atoms with Crippen LogP contribution in [0.1, 0.15) is 18.4 Å². The van der Waals surface area contributed by atoms with Crippen molar-refractivity contribution in [2.45, 2.75) is 24.2 Å². The molecule has 0 bridgehead atoms. The average molecular weight is 269 g/mol. The average Bonchev–Trinajstić information content (AvgIpc) is 2.83. The summed E-state index contributed by atoms with van der Waals surface area (Å²) in [6.07, 6.45) is 1.71. The van der Waals surface area contributed by atoms with Gasteiger partial charge in [-0.2, -0.15) is 4.31 Å². The molecule has 0 unspecified atom stereocenters. The Balaban J connectivity index is 2.20. The van der Waals surface area contributed by atoms with Crippen LogP contribution in [-0.2, 0) is 21.2 Å². The van der Waals surface area contributed by atoms with Gasteiger partial charge < -0.3 is 5.11 Å². The highest BCUT2D eigenvalue weighted by atomic mass is 32.2. The molecule has 1 heterocycles. The van der Waals surface area contributed by atoms with Gasteiger partial charge in [0.05, 0.1) is 11.3 Å². The fraction of sp³-hybridized carbons (Fsp3) is 0.417. The molecule has 2 rings (SSSR count). The Morgan fingerprint density at radius 3 is 2.22 bits per heavy atom. The molecule has 1 aliphatic rings. The Morgan fingerprint density at radius 2 is 1.72 bits per heavy atom. The van der Waals surface area contributed by atoms with Crippen molar-refractivity contribution in [3.05, 3.63) is 29.8 Å². The third-order valence-electron chi connectivity index (χ3n) is 2.98. The molecule has 0 atom stereocenters. The molecule has 1 aliphatic heterocycles. The maximum atomic E-state index is 12.2. The Kier molecular flexibility index (Phi) is 3.68. The number of rotatable bonds is 4. The van der Waals surface area contributed by atoms with Crippen LogP contribution in [0, 0.1) is 0 Å². The molecule has 1 N–H and O–H groups in total. The minimum Gasteiger partial charge on any atom is -0.481 e. The van der Waals surface area contributed by atoms with Crippen LogP contribution in [0.15, 0.2) is 29.2 Å². The zero-order valence-corrected chi connectivity index (χ0v) is 10.7. The summed E-state index contributed by atoms with van der Waals surface area (Å²) in [4.78, 5) is 10.8. The van der Waals surface area contributed by atoms with E-state index in [4.69, 9.17) is 5.11 Å². The highest BCUT2D eigenvalue weighted by Gasteiger charge is 2.26. The van der Waals surface area contributed by atoms with Crippen LogP contribution in [0.2, 0.25) is 0 Å². The molecule has 0 amide bonds. The predicted molar refractivity (Wildman–Crippen MR) is 65.8 cm³/mol. The van der Waals surface area contributed by atoms with Crippen molar-refractivity contribution in [2.75, 3.05) is 13.1 Å². The molecule has 0 spiro atoms. The normalized spacial score (nSPS) is 16.9. The van der Waals surface area contributed by atoms with Crippen molar-refractivity contribution in [3.8, 4) is 0 Å². The van der Waals surface area contributed by atoms with Crippen LogP contribution in [0.4, 0.5) is 0 Å². The van der Waals surface area contributed by atoms with E-state index in [1.54, 1.807) is 12.1 Å². The first-order chi connectivity index (χ1) is 8.50. The summed E-state index contributed by atoms with van der Waals surface area (Å²) in [7, 11) is -3.40. The van der Waals surface area contributed by atoms with Gasteiger partial charge >= 0.3 is 5.97 Å². The van der Waals surface area contributed by atoms with Gasteiger partial charge in [0.1, 0.15) is 0 Å². The zero-order valence-electron chi connectivity index (χ0n) is 9.87. The van der Waals surface area contributed by atoms with Crippen LogP contribution in [0.3, 0.4) is 0 Å². The van der Waals surface area contributed by atoms with Gasteiger partial charge in [-0.05, 0) is 30.5 Å². The van der Waals surface area contributed by atoms with Gasteiger partial charge in [-0.25, -0.2) is 8.42 Å². The molecule has 1 aromatic rings. The Labute approximate surface area is 106 Å². The molecule has 0 aliphatic carbocycles. The maximum Gasteiger partial charge on any atom is 0.307 e. The van der Waals surface area contributed by atoms with Crippen LogP contribution < -0.4 is 0 Å². The second-order valence-corrected chi connectivity index (χ2v) is 6.26. The lowest BCUT2D eigenvalue weighted by molar-refractivity contribution is -0.136. The number of aliphatic carboxylic acids is 1. The minimum atomic E-state index is -3.40. The quantitative estimate of drug-likeness (QED) is 0.888. The van der Waals surface area contributed by atoms with Crippen molar-refractivity contribution in [1.29, 1.82) is 0 Å². The topological polar surface area (TPSA) is 74.7 Å². The number of sulfonamides is 1. The summed E-state index contributed by atoms with van der Waals surface area (Å²) >= 11 is 0. The smallest absolute Gasteiger partial charge is 0.307 e. The summed E-state index contributed by atoms with van der Waals surface area (Å²) in [6.45, 7) is 1.14. The number of carboxylic acids is 1. The molecule has 5 nitrogen and oxygen atoms in total. The van der Waals surface area contributed by atoms with Gasteiger partial charge in [0.25, 0.3) is 0 Å². The van der Waals surface area contributed by atoms with Gasteiger partial charge in [-0.15, -0.1) is 0 Å². The lowest BCUT2D eigenvalue weighted by atomic mass is 10.2. The first-order valence-electron chi connectivity index (χ1n) is 5.81. The molecule has 1 aromatic carbocycles. The lowest BCUT2D eigenvalue weighted by Gasteiger charge is -2.15. The summed E-state index contributed by atoms with van der Waals surface area (Å²) in [5.74, 6) is -0.926. The Bertz CT molecular complexity index is 530. The highest BCUT2D eigenvalue weighted by molar-refractivity contribution is 7.89. The Hall–Kier alpha value is -1.40. The number of carbonyl (C=O) groups is 1. The van der Waals surface area contributed by atoms with Crippen molar-refractivity contribution >= 4 is 16.0 Å². The van der Waals surface area contributed by atoms with E-state index in [1.807, 2.05) is 0 Å². The first kappa shape index (κ1) is 13.0. The van der Waals surface area contributed by atoms with Crippen LogP contribution >= 0.6 is 0 Å². The van der Waals surface area contributed by atoms with E-state index in [9.17, 15) is 13.2 Å². The first-order valence-corrected chi connectivity index (χ1v) is 7.25. The van der Waals surface area contributed by atoms with Gasteiger partial charge in [-0.1, -0.05) is 12.1 Å². The monoisotopic (exact) mass is 269 g/mol. The van der Waals surface area contributed by atoms with Crippen LogP contribution in [0.5, 0.6) is 0 Å². The predicted octanol–water partition coefficient (Wildman–Crippen LogP) is 1.10. The van der Waals surface area contributed by atoms with Gasteiger partial charge in [-0.3, -0.25) is 4.79 Å². The third-order valence-corrected chi connectivity index (χ3v) is 4.89. The van der Waals surface area contributed by atoms with Crippen molar-refractivity contribution in [1.82, 2.24) is 4.31 Å². The van der Waals surface area contributed by atoms with Gasteiger partial charge in [0.15, 0.2) is 0 Å². The van der Waals surface area contributed by atoms with Crippen molar-refractivity contribution < 1.29 is 18.3 Å². The number of nitrogens with zero attached hydrogens (tertiary/aromatic N) is 1. The number of benzene rings is 1. The lowest BCUT2D eigenvalue weighted by Crippen LogP contribution is -2.27. The van der Waals surface area contributed by atoms with Crippen LogP contribution in [0.25, 0.3) is 0 Å². The number of hydrogen-bond donors (Lipinski definition) is 1. The fourth-order valence-electron chi connectivity index (χ4n) is 2.03. The maximum absolute atomic E-state index is 12.2. The molecule has 1 saturated heterocycles. The summed E-state index contributed by atoms with van der Waals surface area (Å²) in [6, 6.07) is 6.06. The number of hydrogen-bond acceptors (Lipinski definition) is 3. The summed E-state index contributed by atoms with van der Waals surface area (Å²) in [5.41, 5.74) is 0.600. The van der Waals surface area contributed by atoms with Crippen molar-refractivity contribution in [3.63, 3.8) is 0 Å². The largest absolute Gasteiger partial charge is 0.481 e. The second kappa shape index (κ2) is 5.07. The molecule has 0 radical (unpaired) electrons. The highest BCUT2D eigenvalue weighted by Crippen LogP contribution is 2.21. The SMILES string of the molecule is O=C(O)Cc1ccc(S(=O)(=O)N2CCCC2)cc1. The molecule has 1 fully saturated rings. The molecule has 6 heteroatoms. The molecular weight excluding hydrogens is 254 g/mol. The number of carboxylic acid groups (broad SMARTS) is 1. The van der Waals surface area contributed by atoms with E-state index >= 15 is 0 Å². The minimum absolute atomic E-state index is 0.0932. The Morgan fingerprint density at radius 1 is 1.17 bits per heavy atom. The summed E-state index contributed by atoms with van der Waals surface area (Å²) < 4.78 is 25.8. The van der Waals surface area contributed by atoms with E-state index < -0.39 is 16.0 Å². The second-order valence-electron chi connectivity index (χ2n) is 4.33. The van der Waals surface area contributed by atoms with Gasteiger partial charge in [0, 0.05) is 13.1 Å². The van der Waals surface area contributed by atoms with E-state index in [0.29, 0.717) is 18.7 Å². The molecular formula is C12H15NO4S. The molecule has 0 aromatic heterocycles. The van der Waals surface area contributed by atoms with E-state index in [0.717, 1.165) is 12.8 Å². The summed E-state index contributed by atoms with van der Waals surface area (Å²) in [5, 5.41) is 8.64. The third kappa shape index (κ3) is 2.70. The molecule has 0 saturated carbocycles. The fourth-order valence-corrected chi connectivity index (χ4v) is 3.55. The van der Waals surface area contributed by atoms with E-state index in [2.05, 4.69) is 0 Å². The van der Waals surface area contributed by atoms with Crippen LogP contribution in [-0.4, -0.2) is 36.9 Å². The molecule has 98 valence electrons. The van der Waals surface area contributed by atoms with Crippen molar-refractivity contribution in [2.24, 2.45) is 0 Å². The van der Waals surface area contributed by atoms with E-state index in [-0.39, 0.29) is 11.3 Å². The standard InChI is InChI=1S/C12H15NO4S/c14-12(15)9-10-3-5-11(6-4-10)18(16,17)13-7-1-2-8-13/h3-6H,1-2,7-9H2,(H,14,15). The van der Waals surface area contributed by atoms with E-state index in [1.165, 1.54) is 16.4 Å².